The third-order valence-electron chi connectivity index (χ3n) is 2.68. The number of benzene rings is 1. The molecule has 1 aromatic rings. The number of carbonyl (C=O) groups excluding carboxylic acids is 1. The first kappa shape index (κ1) is 16.4. The molecule has 114 valence electrons. The summed E-state index contributed by atoms with van der Waals surface area (Å²) in [6.45, 7) is 0. The Hall–Kier alpha value is -0.980. The molecule has 7 heteroatoms. The van der Waals surface area contributed by atoms with Crippen molar-refractivity contribution in [2.45, 2.75) is 4.58 Å². The molecule has 0 atom stereocenters. The summed E-state index contributed by atoms with van der Waals surface area (Å²) in [4.78, 5) is 11.7. The highest BCUT2D eigenvalue weighted by molar-refractivity contribution is 8.19. The Bertz CT molecular complexity index is 542. The second-order valence-electron chi connectivity index (χ2n) is 4.07. The molecule has 1 fully saturated rings. The minimum Gasteiger partial charge on any atom is -0.500 e. The summed E-state index contributed by atoms with van der Waals surface area (Å²) in [6, 6.07) is 5.35. The van der Waals surface area contributed by atoms with Gasteiger partial charge in [0, 0.05) is 22.1 Å². The van der Waals surface area contributed by atoms with Gasteiger partial charge >= 0.3 is 5.97 Å². The standard InChI is InChI=1S/C14H15ClO4S2/c1-17-8-12(13(16)18-2)19-11-4-3-9(15)7-10(11)14-20-5-6-21-14/h3-4,7-8,14H,5-6H2,1-2H3. The Morgan fingerprint density at radius 1 is 1.33 bits per heavy atom. The Morgan fingerprint density at radius 3 is 2.67 bits per heavy atom. The molecule has 0 bridgehead atoms. The van der Waals surface area contributed by atoms with Crippen molar-refractivity contribution in [3.8, 4) is 5.75 Å². The van der Waals surface area contributed by atoms with Crippen LogP contribution in [0.3, 0.4) is 0 Å². The van der Waals surface area contributed by atoms with E-state index in [9.17, 15) is 4.79 Å². The number of hydrogen-bond acceptors (Lipinski definition) is 6. The molecule has 0 N–H and O–H groups in total. The van der Waals surface area contributed by atoms with Gasteiger partial charge in [-0.05, 0) is 18.2 Å². The van der Waals surface area contributed by atoms with E-state index in [0.717, 1.165) is 17.1 Å². The van der Waals surface area contributed by atoms with E-state index in [0.29, 0.717) is 10.8 Å². The highest BCUT2D eigenvalue weighted by Gasteiger charge is 2.24. The van der Waals surface area contributed by atoms with E-state index in [2.05, 4.69) is 4.74 Å². The van der Waals surface area contributed by atoms with E-state index in [1.54, 1.807) is 12.1 Å². The Kier molecular flexibility index (Phi) is 6.14. The van der Waals surface area contributed by atoms with Crippen LogP contribution in [-0.2, 0) is 14.3 Å². The fourth-order valence-electron chi connectivity index (χ4n) is 1.77. The van der Waals surface area contributed by atoms with Crippen molar-refractivity contribution in [1.29, 1.82) is 0 Å². The Balaban J connectivity index is 2.29. The van der Waals surface area contributed by atoms with Crippen molar-refractivity contribution in [3.05, 3.63) is 40.8 Å². The van der Waals surface area contributed by atoms with Gasteiger partial charge in [0.25, 0.3) is 0 Å². The lowest BCUT2D eigenvalue weighted by Crippen LogP contribution is -2.12. The lowest BCUT2D eigenvalue weighted by Gasteiger charge is -2.16. The van der Waals surface area contributed by atoms with Crippen molar-refractivity contribution in [2.24, 2.45) is 0 Å². The third kappa shape index (κ3) is 4.25. The second-order valence-corrected chi connectivity index (χ2v) is 7.23. The van der Waals surface area contributed by atoms with Gasteiger partial charge in [0.05, 0.1) is 18.8 Å². The molecule has 1 aliphatic heterocycles. The summed E-state index contributed by atoms with van der Waals surface area (Å²) >= 11 is 9.74. The van der Waals surface area contributed by atoms with E-state index in [1.165, 1.54) is 20.5 Å². The summed E-state index contributed by atoms with van der Waals surface area (Å²) in [5, 5.41) is 0.640. The molecule has 1 aromatic carbocycles. The van der Waals surface area contributed by atoms with Gasteiger partial charge < -0.3 is 14.2 Å². The summed E-state index contributed by atoms with van der Waals surface area (Å²) in [7, 11) is 2.73. The predicted molar refractivity (Wildman–Crippen MR) is 86.8 cm³/mol. The van der Waals surface area contributed by atoms with Crippen LogP contribution in [0.5, 0.6) is 5.75 Å². The predicted octanol–water partition coefficient (Wildman–Crippen LogP) is 3.86. The van der Waals surface area contributed by atoms with Gasteiger partial charge in [0.15, 0.2) is 0 Å². The lowest BCUT2D eigenvalue weighted by molar-refractivity contribution is -0.138. The minimum absolute atomic E-state index is 0.00318. The molecular formula is C14H15ClO4S2. The number of ether oxygens (including phenoxy) is 3. The minimum atomic E-state index is -0.593. The molecule has 0 spiro atoms. The highest BCUT2D eigenvalue weighted by atomic mass is 35.5. The average Bonchev–Trinajstić information content (AvgIpc) is 3.01. The number of thioether (sulfide) groups is 2. The van der Waals surface area contributed by atoms with Crippen LogP contribution in [0.15, 0.2) is 30.2 Å². The zero-order valence-electron chi connectivity index (χ0n) is 11.6. The molecule has 21 heavy (non-hydrogen) atoms. The maximum atomic E-state index is 11.7. The molecule has 0 radical (unpaired) electrons. The van der Waals surface area contributed by atoms with Crippen LogP contribution in [0.2, 0.25) is 5.02 Å². The lowest BCUT2D eigenvalue weighted by atomic mass is 10.2. The molecule has 0 aliphatic carbocycles. The maximum Gasteiger partial charge on any atom is 0.377 e. The molecule has 1 saturated heterocycles. The van der Waals surface area contributed by atoms with Crippen LogP contribution in [-0.4, -0.2) is 31.7 Å². The fourth-order valence-corrected chi connectivity index (χ4v) is 4.84. The second kappa shape index (κ2) is 7.87. The Morgan fingerprint density at radius 2 is 2.05 bits per heavy atom. The zero-order chi connectivity index (χ0) is 15.2. The molecule has 0 saturated carbocycles. The van der Waals surface area contributed by atoms with Crippen molar-refractivity contribution in [3.63, 3.8) is 0 Å². The van der Waals surface area contributed by atoms with Gasteiger partial charge in [-0.3, -0.25) is 0 Å². The average molecular weight is 347 g/mol. The number of rotatable bonds is 5. The van der Waals surface area contributed by atoms with Crippen molar-refractivity contribution < 1.29 is 19.0 Å². The van der Waals surface area contributed by atoms with Gasteiger partial charge in [0.2, 0.25) is 5.76 Å². The molecule has 0 amide bonds. The third-order valence-corrected chi connectivity index (χ3v) is 5.98. The molecule has 1 heterocycles. The molecule has 2 rings (SSSR count). The maximum absolute atomic E-state index is 11.7. The normalized spacial score (nSPS) is 15.9. The number of halogens is 1. The van der Waals surface area contributed by atoms with Crippen LogP contribution in [0.1, 0.15) is 10.1 Å². The Labute approximate surface area is 137 Å². The summed E-state index contributed by atoms with van der Waals surface area (Å²) < 4.78 is 15.5. The molecule has 0 unspecified atom stereocenters. The molecule has 1 aliphatic rings. The van der Waals surface area contributed by atoms with Crippen molar-refractivity contribution in [2.75, 3.05) is 25.7 Å². The van der Waals surface area contributed by atoms with E-state index < -0.39 is 5.97 Å². The first-order valence-corrected chi connectivity index (χ1v) is 8.65. The van der Waals surface area contributed by atoms with Gasteiger partial charge in [-0.1, -0.05) is 11.6 Å². The van der Waals surface area contributed by atoms with E-state index in [-0.39, 0.29) is 10.3 Å². The van der Waals surface area contributed by atoms with Crippen LogP contribution < -0.4 is 4.74 Å². The number of esters is 1. The van der Waals surface area contributed by atoms with Crippen LogP contribution >= 0.6 is 35.1 Å². The van der Waals surface area contributed by atoms with Crippen LogP contribution in [0, 0.1) is 0 Å². The highest BCUT2D eigenvalue weighted by Crippen LogP contribution is 2.49. The first-order valence-electron chi connectivity index (χ1n) is 6.17. The summed E-state index contributed by atoms with van der Waals surface area (Å²) in [6.07, 6.45) is 1.22. The molecular weight excluding hydrogens is 332 g/mol. The topological polar surface area (TPSA) is 44.8 Å². The quantitative estimate of drug-likeness (QED) is 0.458. The SMILES string of the molecule is COC=C(Oc1ccc(Cl)cc1C1SCCS1)C(=O)OC. The van der Waals surface area contributed by atoms with Crippen molar-refractivity contribution >= 4 is 41.1 Å². The van der Waals surface area contributed by atoms with E-state index >= 15 is 0 Å². The van der Waals surface area contributed by atoms with Crippen LogP contribution in [0.25, 0.3) is 0 Å². The first-order chi connectivity index (χ1) is 10.2. The molecule has 4 nitrogen and oxygen atoms in total. The molecule has 0 aromatic heterocycles. The van der Waals surface area contributed by atoms with Crippen molar-refractivity contribution in [1.82, 2.24) is 0 Å². The number of carbonyl (C=O) groups is 1. The summed E-state index contributed by atoms with van der Waals surface area (Å²) in [5.74, 6) is 2.15. The van der Waals surface area contributed by atoms with Gasteiger partial charge in [-0.2, -0.15) is 0 Å². The van der Waals surface area contributed by atoms with Gasteiger partial charge in [-0.25, -0.2) is 4.79 Å². The fraction of sp³-hybridized carbons (Fsp3) is 0.357. The van der Waals surface area contributed by atoms with Gasteiger partial charge in [-0.15, -0.1) is 23.5 Å². The number of hydrogen-bond donors (Lipinski definition) is 0. The summed E-state index contributed by atoms with van der Waals surface area (Å²) in [5.41, 5.74) is 0.959. The van der Waals surface area contributed by atoms with Crippen LogP contribution in [0.4, 0.5) is 0 Å². The number of methoxy groups -OCH3 is 2. The largest absolute Gasteiger partial charge is 0.500 e. The van der Waals surface area contributed by atoms with E-state index in [1.807, 2.05) is 29.6 Å². The zero-order valence-corrected chi connectivity index (χ0v) is 14.0. The monoisotopic (exact) mass is 346 g/mol. The smallest absolute Gasteiger partial charge is 0.377 e. The van der Waals surface area contributed by atoms with Gasteiger partial charge in [0.1, 0.15) is 12.0 Å². The van der Waals surface area contributed by atoms with E-state index in [4.69, 9.17) is 21.1 Å².